The molecule has 0 bridgehead atoms. The van der Waals surface area contributed by atoms with E-state index >= 15 is 0 Å². The Kier molecular flexibility index (Phi) is 5.33. The summed E-state index contributed by atoms with van der Waals surface area (Å²) in [5.41, 5.74) is 0. The highest BCUT2D eigenvalue weighted by Crippen LogP contribution is 2.39. The van der Waals surface area contributed by atoms with Crippen LogP contribution >= 0.6 is 15.9 Å². The van der Waals surface area contributed by atoms with Gasteiger partial charge in [-0.1, -0.05) is 15.9 Å². The molecule has 0 radical (unpaired) electrons. The average molecular weight is 349 g/mol. The number of methoxy groups -OCH3 is 2. The molecule has 1 fully saturated rings. The molecule has 0 amide bonds. The second kappa shape index (κ2) is 7.01. The van der Waals surface area contributed by atoms with Gasteiger partial charge in [-0.15, -0.1) is 0 Å². The predicted molar refractivity (Wildman–Crippen MR) is 75.1 cm³/mol. The molecule has 1 saturated heterocycles. The number of halogens is 1. The quantitative estimate of drug-likeness (QED) is 0.792. The summed E-state index contributed by atoms with van der Waals surface area (Å²) in [6.07, 6.45) is -0.351. The Morgan fingerprint density at radius 3 is 2.45 bits per heavy atom. The Bertz CT molecular complexity index is 427. The third kappa shape index (κ3) is 3.47. The summed E-state index contributed by atoms with van der Waals surface area (Å²) in [7, 11) is 2.93. The summed E-state index contributed by atoms with van der Waals surface area (Å²) in [6, 6.07) is 3.19. The maximum Gasteiger partial charge on any atom is 0.201 e. The zero-order valence-corrected chi connectivity index (χ0v) is 12.9. The summed E-state index contributed by atoms with van der Waals surface area (Å²) in [4.78, 5) is 0. The van der Waals surface area contributed by atoms with Gasteiger partial charge in [-0.3, -0.25) is 0 Å². The fraction of sp³-hybridized carbons (Fsp3) is 0.538. The molecular weight excluding hydrogens is 332 g/mol. The van der Waals surface area contributed by atoms with Crippen molar-refractivity contribution in [3.05, 3.63) is 12.1 Å². The van der Waals surface area contributed by atoms with Crippen molar-refractivity contribution in [2.45, 2.75) is 12.4 Å². The van der Waals surface area contributed by atoms with Crippen LogP contribution in [0.3, 0.4) is 0 Å². The van der Waals surface area contributed by atoms with Gasteiger partial charge in [0.05, 0.1) is 26.2 Å². The summed E-state index contributed by atoms with van der Waals surface area (Å²) < 4.78 is 26.7. The van der Waals surface area contributed by atoms with E-state index in [9.17, 15) is 5.11 Å². The third-order valence-electron chi connectivity index (χ3n) is 2.83. The lowest BCUT2D eigenvalue weighted by molar-refractivity contribution is -0.0443. The number of hydrogen-bond acceptors (Lipinski definition) is 6. The fourth-order valence-electron chi connectivity index (χ4n) is 1.82. The molecule has 2 unspecified atom stereocenters. The van der Waals surface area contributed by atoms with Crippen LogP contribution in [0.15, 0.2) is 12.1 Å². The topological polar surface area (TPSA) is 66.4 Å². The molecule has 0 aromatic heterocycles. The third-order valence-corrected chi connectivity index (χ3v) is 3.36. The first-order valence-corrected chi connectivity index (χ1v) is 7.21. The minimum absolute atomic E-state index is 0.0536. The SMILES string of the molecule is COc1cc(OCC2COC(CBr)O2)cc(OC)c1O. The second-order valence-electron chi connectivity index (χ2n) is 4.16. The molecule has 2 rings (SSSR count). The largest absolute Gasteiger partial charge is 0.502 e. The van der Waals surface area contributed by atoms with E-state index in [2.05, 4.69) is 15.9 Å². The number of phenols is 1. The van der Waals surface area contributed by atoms with Crippen LogP contribution < -0.4 is 14.2 Å². The molecule has 0 saturated carbocycles. The molecule has 0 spiro atoms. The Labute approximate surface area is 125 Å². The van der Waals surface area contributed by atoms with Gasteiger partial charge >= 0.3 is 0 Å². The lowest BCUT2D eigenvalue weighted by Gasteiger charge is -2.14. The van der Waals surface area contributed by atoms with E-state index in [1.165, 1.54) is 14.2 Å². The maximum atomic E-state index is 9.80. The van der Waals surface area contributed by atoms with Crippen molar-refractivity contribution in [1.29, 1.82) is 0 Å². The molecule has 1 aliphatic rings. The smallest absolute Gasteiger partial charge is 0.201 e. The lowest BCUT2D eigenvalue weighted by atomic mass is 10.2. The Morgan fingerprint density at radius 2 is 1.95 bits per heavy atom. The van der Waals surface area contributed by atoms with E-state index in [0.29, 0.717) is 35.8 Å². The summed E-state index contributed by atoms with van der Waals surface area (Å²) in [6.45, 7) is 0.837. The highest BCUT2D eigenvalue weighted by Gasteiger charge is 2.25. The van der Waals surface area contributed by atoms with Crippen molar-refractivity contribution in [2.75, 3.05) is 32.8 Å². The molecular formula is C13H17BrO6. The number of ether oxygens (including phenoxy) is 5. The van der Waals surface area contributed by atoms with E-state index in [4.69, 9.17) is 23.7 Å². The Balaban J connectivity index is 1.99. The standard InChI is InChI=1S/C13H17BrO6/c1-16-10-3-8(4-11(17-2)13(10)15)18-6-9-7-19-12(5-14)20-9/h3-4,9,12,15H,5-7H2,1-2H3. The summed E-state index contributed by atoms with van der Waals surface area (Å²) in [5.74, 6) is 1.06. The minimum Gasteiger partial charge on any atom is -0.502 e. The Morgan fingerprint density at radius 1 is 1.30 bits per heavy atom. The van der Waals surface area contributed by atoms with Crippen molar-refractivity contribution < 1.29 is 28.8 Å². The van der Waals surface area contributed by atoms with Crippen LogP contribution in [0, 0.1) is 0 Å². The van der Waals surface area contributed by atoms with Crippen LogP contribution in [0.1, 0.15) is 0 Å². The number of alkyl halides is 1. The average Bonchev–Trinajstić information content (AvgIpc) is 2.94. The molecule has 1 N–H and O–H groups in total. The number of rotatable bonds is 6. The fourth-order valence-corrected chi connectivity index (χ4v) is 2.16. The molecule has 6 nitrogen and oxygen atoms in total. The molecule has 0 aliphatic carbocycles. The van der Waals surface area contributed by atoms with Crippen molar-refractivity contribution in [1.82, 2.24) is 0 Å². The van der Waals surface area contributed by atoms with Crippen LogP contribution in [0.4, 0.5) is 0 Å². The van der Waals surface area contributed by atoms with Gasteiger partial charge in [-0.05, 0) is 0 Å². The molecule has 2 atom stereocenters. The first kappa shape index (κ1) is 15.2. The van der Waals surface area contributed by atoms with Crippen LogP contribution in [-0.2, 0) is 9.47 Å². The van der Waals surface area contributed by atoms with Gasteiger partial charge in [0, 0.05) is 12.1 Å². The second-order valence-corrected chi connectivity index (χ2v) is 4.81. The number of hydrogen-bond donors (Lipinski definition) is 1. The van der Waals surface area contributed by atoms with Gasteiger partial charge in [0.2, 0.25) is 5.75 Å². The minimum atomic E-state index is -0.229. The van der Waals surface area contributed by atoms with E-state index in [1.54, 1.807) is 12.1 Å². The molecule has 1 aromatic rings. The van der Waals surface area contributed by atoms with Gasteiger partial charge in [0.1, 0.15) is 18.5 Å². The van der Waals surface area contributed by atoms with Crippen molar-refractivity contribution in [2.24, 2.45) is 0 Å². The zero-order valence-electron chi connectivity index (χ0n) is 11.3. The predicted octanol–water partition coefficient (Wildman–Crippen LogP) is 1.92. The molecule has 112 valence electrons. The number of phenolic OH excluding ortho intramolecular Hbond substituents is 1. The normalized spacial score (nSPS) is 21.8. The first-order chi connectivity index (χ1) is 9.67. The molecule has 20 heavy (non-hydrogen) atoms. The van der Waals surface area contributed by atoms with Crippen LogP contribution in [0.25, 0.3) is 0 Å². The van der Waals surface area contributed by atoms with E-state index in [-0.39, 0.29) is 18.1 Å². The maximum absolute atomic E-state index is 9.80. The van der Waals surface area contributed by atoms with Crippen molar-refractivity contribution in [3.8, 4) is 23.0 Å². The van der Waals surface area contributed by atoms with Gasteiger partial charge in [-0.2, -0.15) is 0 Å². The van der Waals surface area contributed by atoms with Crippen LogP contribution in [0.5, 0.6) is 23.0 Å². The van der Waals surface area contributed by atoms with E-state index in [0.717, 1.165) is 0 Å². The molecule has 1 aliphatic heterocycles. The van der Waals surface area contributed by atoms with Crippen LogP contribution in [-0.4, -0.2) is 50.3 Å². The van der Waals surface area contributed by atoms with Gasteiger partial charge < -0.3 is 28.8 Å². The van der Waals surface area contributed by atoms with Crippen LogP contribution in [0.2, 0.25) is 0 Å². The van der Waals surface area contributed by atoms with Gasteiger partial charge in [0.15, 0.2) is 17.8 Å². The number of aromatic hydroxyl groups is 1. The molecule has 1 heterocycles. The van der Waals surface area contributed by atoms with Crippen molar-refractivity contribution >= 4 is 15.9 Å². The Hall–Kier alpha value is -1.18. The molecule has 7 heteroatoms. The number of benzene rings is 1. The highest BCUT2D eigenvalue weighted by molar-refractivity contribution is 9.09. The van der Waals surface area contributed by atoms with Gasteiger partial charge in [0.25, 0.3) is 0 Å². The zero-order chi connectivity index (χ0) is 14.5. The summed E-state index contributed by atoms with van der Waals surface area (Å²) in [5, 5.41) is 10.4. The highest BCUT2D eigenvalue weighted by atomic mass is 79.9. The summed E-state index contributed by atoms with van der Waals surface area (Å²) >= 11 is 3.29. The molecule has 1 aromatic carbocycles. The van der Waals surface area contributed by atoms with E-state index < -0.39 is 0 Å². The lowest BCUT2D eigenvalue weighted by Crippen LogP contribution is -2.21. The van der Waals surface area contributed by atoms with Crippen molar-refractivity contribution in [3.63, 3.8) is 0 Å². The first-order valence-electron chi connectivity index (χ1n) is 6.08. The van der Waals surface area contributed by atoms with E-state index in [1.807, 2.05) is 0 Å². The van der Waals surface area contributed by atoms with Gasteiger partial charge in [-0.25, -0.2) is 0 Å². The monoisotopic (exact) mass is 348 g/mol.